The molecule has 3 aromatic rings. The first-order valence-corrected chi connectivity index (χ1v) is 11.3. The van der Waals surface area contributed by atoms with Crippen molar-refractivity contribution in [2.75, 3.05) is 0 Å². The van der Waals surface area contributed by atoms with E-state index in [9.17, 15) is 29.4 Å². The summed E-state index contributed by atoms with van der Waals surface area (Å²) in [6.45, 7) is 0. The molecule has 0 saturated heterocycles. The third-order valence-electron chi connectivity index (χ3n) is 5.54. The lowest BCUT2D eigenvalue weighted by Crippen LogP contribution is -2.49. The Labute approximate surface area is 216 Å². The number of aliphatic carboxylic acids is 1. The van der Waals surface area contributed by atoms with Gasteiger partial charge in [-0.2, -0.15) is 0 Å². The van der Waals surface area contributed by atoms with E-state index in [0.29, 0.717) is 0 Å². The Hall–Kier alpha value is -4.69. The second-order valence-electron chi connectivity index (χ2n) is 7.94. The molecule has 2 atom stereocenters. The van der Waals surface area contributed by atoms with E-state index in [1.165, 1.54) is 36.4 Å². The topological polar surface area (TPSA) is 127 Å². The van der Waals surface area contributed by atoms with E-state index in [2.05, 4.69) is 0 Å². The number of carboxylic acids is 1. The number of carboxylic acid groups (broad SMARTS) is 1. The zero-order valence-corrected chi connectivity index (χ0v) is 19.8. The third kappa shape index (κ3) is 5.14. The van der Waals surface area contributed by atoms with Crippen LogP contribution < -0.4 is 0 Å². The van der Waals surface area contributed by atoms with Crippen molar-refractivity contribution in [2.45, 2.75) is 5.06 Å². The molecule has 0 amide bonds. The summed E-state index contributed by atoms with van der Waals surface area (Å²) >= 11 is 6.80. The second-order valence-corrected chi connectivity index (χ2v) is 8.50. The highest BCUT2D eigenvalue weighted by Gasteiger charge is 2.57. The summed E-state index contributed by atoms with van der Waals surface area (Å²) in [5.74, 6) is -8.06. The lowest BCUT2D eigenvalue weighted by Gasteiger charge is -2.37. The molecule has 0 bridgehead atoms. The minimum atomic E-state index is -2.74. The molecule has 186 valence electrons. The van der Waals surface area contributed by atoms with E-state index in [0.717, 1.165) is 6.08 Å². The number of aliphatic hydroxyl groups excluding tert-OH is 1. The molecular weight excluding hydrogens is 500 g/mol. The summed E-state index contributed by atoms with van der Waals surface area (Å²) in [7, 11) is 0. The van der Waals surface area contributed by atoms with Gasteiger partial charge in [0.05, 0.1) is 16.7 Å². The van der Waals surface area contributed by atoms with Gasteiger partial charge in [0.25, 0.3) is 5.06 Å². The Morgan fingerprint density at radius 3 is 1.68 bits per heavy atom. The number of halogens is 1. The molecule has 37 heavy (non-hydrogen) atoms. The Morgan fingerprint density at radius 2 is 1.19 bits per heavy atom. The molecule has 0 radical (unpaired) electrons. The van der Waals surface area contributed by atoms with Gasteiger partial charge in [-0.25, -0.2) is 14.4 Å². The standard InChI is InChI=1S/C28H19ClO8/c29-28(37-27(35)19-14-8-3-9-15-19)22(23(31)17-10-4-1-5-11-17)20(25(32)33)16-21(30)24(28)36-26(34)18-12-6-2-7-13-18/h1-16,22,30H,(H,32,33). The lowest BCUT2D eigenvalue weighted by molar-refractivity contribution is -0.134. The number of hydrogen-bond acceptors (Lipinski definition) is 7. The molecule has 0 fully saturated rings. The number of allylic oxidation sites excluding steroid dienone is 1. The van der Waals surface area contributed by atoms with Gasteiger partial charge in [-0.05, 0) is 30.3 Å². The number of alkyl halides is 1. The normalized spacial score (nSPS) is 18.9. The molecule has 1 aliphatic carbocycles. The van der Waals surface area contributed by atoms with E-state index in [1.807, 2.05) is 0 Å². The largest absolute Gasteiger partial charge is 0.504 e. The Balaban J connectivity index is 1.87. The van der Waals surface area contributed by atoms with Gasteiger partial charge < -0.3 is 19.7 Å². The van der Waals surface area contributed by atoms with Crippen LogP contribution in [0.3, 0.4) is 0 Å². The maximum absolute atomic E-state index is 13.6. The Bertz CT molecular complexity index is 1410. The SMILES string of the molecule is O=C(O)C1=CC(O)=C(OC(=O)c2ccccc2)C(Cl)(OC(=O)c2ccccc2)C1C(=O)c1ccccc1. The van der Waals surface area contributed by atoms with Crippen molar-refractivity contribution >= 4 is 35.3 Å². The highest BCUT2D eigenvalue weighted by Crippen LogP contribution is 2.46. The molecule has 0 aliphatic heterocycles. The number of hydrogen-bond donors (Lipinski definition) is 2. The van der Waals surface area contributed by atoms with Crippen molar-refractivity contribution in [1.29, 1.82) is 0 Å². The Kier molecular flexibility index (Phi) is 7.22. The average Bonchev–Trinajstić information content (AvgIpc) is 2.91. The van der Waals surface area contributed by atoms with Crippen LogP contribution >= 0.6 is 11.6 Å². The first-order chi connectivity index (χ1) is 17.7. The minimum Gasteiger partial charge on any atom is -0.504 e. The van der Waals surface area contributed by atoms with E-state index >= 15 is 0 Å². The number of benzene rings is 3. The van der Waals surface area contributed by atoms with Gasteiger partial charge in [0.15, 0.2) is 11.5 Å². The van der Waals surface area contributed by atoms with Gasteiger partial charge in [-0.15, -0.1) is 0 Å². The van der Waals surface area contributed by atoms with Gasteiger partial charge in [0.1, 0.15) is 5.92 Å². The molecule has 3 aromatic carbocycles. The number of Topliss-reactive ketones (excluding diaryl/α,β-unsaturated/α-hetero) is 1. The molecule has 0 spiro atoms. The highest BCUT2D eigenvalue weighted by atomic mass is 35.5. The fourth-order valence-corrected chi connectivity index (χ4v) is 4.21. The quantitative estimate of drug-likeness (QED) is 0.256. The maximum atomic E-state index is 13.6. The predicted molar refractivity (Wildman–Crippen MR) is 132 cm³/mol. The number of aliphatic hydroxyl groups is 1. The van der Waals surface area contributed by atoms with Crippen LogP contribution in [0.2, 0.25) is 0 Å². The molecule has 2 unspecified atom stereocenters. The molecule has 0 aromatic heterocycles. The average molecular weight is 519 g/mol. The van der Waals surface area contributed by atoms with Gasteiger partial charge in [0, 0.05) is 5.56 Å². The number of ether oxygens (including phenoxy) is 2. The fraction of sp³-hybridized carbons (Fsp3) is 0.0714. The number of carbonyl (C=O) groups is 4. The van der Waals surface area contributed by atoms with Gasteiger partial charge in [0.2, 0.25) is 5.76 Å². The molecule has 0 heterocycles. The van der Waals surface area contributed by atoms with Crippen LogP contribution in [0.25, 0.3) is 0 Å². The van der Waals surface area contributed by atoms with Crippen LogP contribution in [0.5, 0.6) is 0 Å². The number of ketones is 1. The Morgan fingerprint density at radius 1 is 0.730 bits per heavy atom. The molecule has 8 nitrogen and oxygen atoms in total. The first-order valence-electron chi connectivity index (χ1n) is 10.9. The maximum Gasteiger partial charge on any atom is 0.343 e. The molecule has 2 N–H and O–H groups in total. The fourth-order valence-electron chi connectivity index (χ4n) is 3.79. The molecule has 0 saturated carbocycles. The summed E-state index contributed by atoms with van der Waals surface area (Å²) in [5, 5.41) is 17.9. The number of esters is 2. The van der Waals surface area contributed by atoms with E-state index in [1.54, 1.807) is 54.6 Å². The van der Waals surface area contributed by atoms with Crippen LogP contribution in [-0.2, 0) is 14.3 Å². The first kappa shape index (κ1) is 25.4. The van der Waals surface area contributed by atoms with Gasteiger partial charge in [-0.1, -0.05) is 78.3 Å². The smallest absolute Gasteiger partial charge is 0.343 e. The summed E-state index contributed by atoms with van der Waals surface area (Å²) in [6.07, 6.45) is 0.748. The van der Waals surface area contributed by atoms with Crippen LogP contribution in [0.1, 0.15) is 31.1 Å². The van der Waals surface area contributed by atoms with Crippen LogP contribution in [0.15, 0.2) is 114 Å². The molecule has 9 heteroatoms. The monoisotopic (exact) mass is 518 g/mol. The van der Waals surface area contributed by atoms with Crippen LogP contribution in [0, 0.1) is 5.92 Å². The summed E-state index contributed by atoms with van der Waals surface area (Å²) in [5.41, 5.74) is -0.527. The van der Waals surface area contributed by atoms with Crippen molar-refractivity contribution < 1.29 is 38.9 Å². The van der Waals surface area contributed by atoms with Crippen LogP contribution in [0.4, 0.5) is 0 Å². The molecule has 4 rings (SSSR count). The van der Waals surface area contributed by atoms with Gasteiger partial charge in [-0.3, -0.25) is 4.79 Å². The minimum absolute atomic E-state index is 0.0214. The predicted octanol–water partition coefficient (Wildman–Crippen LogP) is 4.93. The van der Waals surface area contributed by atoms with Crippen molar-refractivity contribution in [3.05, 3.63) is 131 Å². The summed E-state index contributed by atoms with van der Waals surface area (Å²) < 4.78 is 10.9. The van der Waals surface area contributed by atoms with Crippen LogP contribution in [-0.4, -0.2) is 39.0 Å². The van der Waals surface area contributed by atoms with Crippen molar-refractivity contribution in [3.8, 4) is 0 Å². The van der Waals surface area contributed by atoms with E-state index in [-0.39, 0.29) is 16.7 Å². The lowest BCUT2D eigenvalue weighted by atomic mass is 9.80. The van der Waals surface area contributed by atoms with Gasteiger partial charge >= 0.3 is 17.9 Å². The van der Waals surface area contributed by atoms with Crippen molar-refractivity contribution in [3.63, 3.8) is 0 Å². The van der Waals surface area contributed by atoms with Crippen molar-refractivity contribution in [1.82, 2.24) is 0 Å². The highest BCUT2D eigenvalue weighted by molar-refractivity contribution is 6.29. The van der Waals surface area contributed by atoms with E-state index in [4.69, 9.17) is 21.1 Å². The number of rotatable bonds is 7. The van der Waals surface area contributed by atoms with Crippen molar-refractivity contribution in [2.24, 2.45) is 5.92 Å². The zero-order valence-electron chi connectivity index (χ0n) is 19.0. The molecule has 1 aliphatic rings. The molecular formula is C28H19ClO8. The van der Waals surface area contributed by atoms with E-state index < -0.39 is 51.8 Å². The number of carbonyl (C=O) groups excluding carboxylic acids is 3. The second kappa shape index (κ2) is 10.5. The zero-order chi connectivity index (χ0) is 26.6. The summed E-state index contributed by atoms with van der Waals surface area (Å²) in [6, 6.07) is 22.8. The summed E-state index contributed by atoms with van der Waals surface area (Å²) in [4.78, 5) is 51.8. The third-order valence-corrected chi connectivity index (χ3v) is 6.01.